The summed E-state index contributed by atoms with van der Waals surface area (Å²) >= 11 is 5.11. The van der Waals surface area contributed by atoms with Crippen molar-refractivity contribution in [1.29, 1.82) is 0 Å². The number of rotatable bonds is 3. The summed E-state index contributed by atoms with van der Waals surface area (Å²) in [6.45, 7) is 0. The first-order valence-electron chi connectivity index (χ1n) is 5.02. The topological polar surface area (TPSA) is 0 Å². The minimum atomic E-state index is -0.425. The second-order valence-corrected chi connectivity index (χ2v) is 7.17. The molecule has 0 aliphatic rings. The number of hydrogen-bond donors (Lipinski definition) is 0. The predicted molar refractivity (Wildman–Crippen MR) is 72.8 cm³/mol. The number of hydrogen-bond acceptors (Lipinski definition) is 0. The van der Waals surface area contributed by atoms with Crippen molar-refractivity contribution >= 4 is 46.3 Å². The van der Waals surface area contributed by atoms with E-state index >= 15 is 0 Å². The van der Waals surface area contributed by atoms with E-state index < -0.39 is 21.6 Å². The Morgan fingerprint density at radius 1 is 0.812 bits per heavy atom. The molecule has 0 aromatic heterocycles. The molecular weight excluding hydrogens is 325 g/mol. The van der Waals surface area contributed by atoms with Gasteiger partial charge in [0.1, 0.15) is 0 Å². The zero-order valence-corrected chi connectivity index (χ0v) is 12.0. The van der Waals surface area contributed by atoms with Gasteiger partial charge < -0.3 is 0 Å². The summed E-state index contributed by atoms with van der Waals surface area (Å²) in [6, 6.07) is 19.3. The Labute approximate surface area is 111 Å². The van der Waals surface area contributed by atoms with Gasteiger partial charge in [-0.15, -0.1) is 0 Å². The van der Waals surface area contributed by atoms with E-state index in [-0.39, 0.29) is 0 Å². The van der Waals surface area contributed by atoms with Gasteiger partial charge in [0.05, 0.1) is 0 Å². The Kier molecular flexibility index (Phi) is 4.51. The third-order valence-corrected chi connectivity index (χ3v) is 5.46. The van der Waals surface area contributed by atoms with Crippen molar-refractivity contribution in [3.05, 3.63) is 65.7 Å². The van der Waals surface area contributed by atoms with Gasteiger partial charge >= 0.3 is 112 Å². The number of benzene rings is 2. The molecule has 0 aliphatic carbocycles. The van der Waals surface area contributed by atoms with Gasteiger partial charge in [-0.1, -0.05) is 0 Å². The Balaban J connectivity index is 2.11. The van der Waals surface area contributed by atoms with Crippen LogP contribution in [0.25, 0.3) is 6.08 Å². The van der Waals surface area contributed by atoms with Crippen LogP contribution in [0.3, 0.4) is 0 Å². The summed E-state index contributed by atoms with van der Waals surface area (Å²) in [7, 11) is 0. The van der Waals surface area contributed by atoms with Gasteiger partial charge in [-0.05, 0) is 0 Å². The van der Waals surface area contributed by atoms with Crippen molar-refractivity contribution in [3.8, 4) is 0 Å². The van der Waals surface area contributed by atoms with E-state index in [4.69, 9.17) is 11.6 Å². The van der Waals surface area contributed by atoms with Gasteiger partial charge in [-0.25, -0.2) is 0 Å². The molecule has 0 unspecified atom stereocenters. The Hall–Kier alpha value is -0.712. The molecular formula is C14H11ClSb. The first kappa shape index (κ1) is 11.8. The third kappa shape index (κ3) is 3.40. The molecule has 16 heavy (non-hydrogen) atoms. The molecule has 79 valence electrons. The molecule has 0 saturated carbocycles. The van der Waals surface area contributed by atoms with Crippen molar-refractivity contribution in [3.63, 3.8) is 0 Å². The van der Waals surface area contributed by atoms with Gasteiger partial charge in [-0.3, -0.25) is 0 Å². The molecule has 2 rings (SSSR count). The van der Waals surface area contributed by atoms with E-state index in [2.05, 4.69) is 54.6 Å². The van der Waals surface area contributed by atoms with Crippen LogP contribution >= 0.6 is 11.6 Å². The van der Waals surface area contributed by atoms with Gasteiger partial charge in [0.25, 0.3) is 0 Å². The van der Waals surface area contributed by atoms with E-state index in [9.17, 15) is 0 Å². The fourth-order valence-corrected chi connectivity index (χ4v) is 4.15. The van der Waals surface area contributed by atoms with E-state index in [0.29, 0.717) is 0 Å². The van der Waals surface area contributed by atoms with Crippen molar-refractivity contribution < 1.29 is 0 Å². The average Bonchev–Trinajstić information content (AvgIpc) is 2.33. The Morgan fingerprint density at radius 2 is 1.44 bits per heavy atom. The first-order chi connectivity index (χ1) is 7.88. The summed E-state index contributed by atoms with van der Waals surface area (Å²) < 4.78 is 2.95. The molecule has 0 atom stereocenters. The molecule has 0 spiro atoms. The molecule has 0 aliphatic heterocycles. The molecule has 0 amide bonds. The average molecular weight is 336 g/mol. The van der Waals surface area contributed by atoms with Crippen LogP contribution in [0.15, 0.2) is 60.1 Å². The first-order valence-corrected chi connectivity index (χ1v) is 8.01. The van der Waals surface area contributed by atoms with Crippen molar-refractivity contribution in [1.82, 2.24) is 0 Å². The van der Waals surface area contributed by atoms with Crippen LogP contribution in [0, 0.1) is 0 Å². The van der Waals surface area contributed by atoms with E-state index in [0.717, 1.165) is 5.56 Å². The Bertz CT molecular complexity index is 460. The van der Waals surface area contributed by atoms with Crippen LogP contribution in [0.2, 0.25) is 0 Å². The third-order valence-electron chi connectivity index (χ3n) is 2.16. The maximum absolute atomic E-state index is 5.53. The SMILES string of the molecule is Cl/C=C/c1cc[c]([Sb][c]2ccccc2)cc1. The standard InChI is InChI=1S/C8H6Cl.C6H5.Sb/c9-7-6-8-4-2-1-3-5-8;1-2-4-6-5-3-1;/h2-7H;1-5H;/b7-6+;;. The van der Waals surface area contributed by atoms with E-state index in [1.54, 1.807) is 5.54 Å². The van der Waals surface area contributed by atoms with Gasteiger partial charge in [0.15, 0.2) is 0 Å². The monoisotopic (exact) mass is 335 g/mol. The normalized spacial score (nSPS) is 10.8. The second kappa shape index (κ2) is 6.13. The van der Waals surface area contributed by atoms with Gasteiger partial charge in [-0.2, -0.15) is 0 Å². The molecule has 2 heteroatoms. The molecule has 2 aromatic rings. The Morgan fingerprint density at radius 3 is 2.06 bits per heavy atom. The molecule has 0 bridgehead atoms. The molecule has 2 aromatic carbocycles. The maximum atomic E-state index is 5.53. The van der Waals surface area contributed by atoms with Crippen molar-refractivity contribution in [2.45, 2.75) is 0 Å². The van der Waals surface area contributed by atoms with E-state index in [1.807, 2.05) is 6.08 Å². The van der Waals surface area contributed by atoms with E-state index in [1.165, 1.54) is 7.02 Å². The van der Waals surface area contributed by atoms with Crippen molar-refractivity contribution in [2.75, 3.05) is 0 Å². The molecule has 0 N–H and O–H groups in total. The summed E-state index contributed by atoms with van der Waals surface area (Å²) in [6.07, 6.45) is 1.90. The fraction of sp³-hybridized carbons (Fsp3) is 0. The van der Waals surface area contributed by atoms with Crippen LogP contribution in [0.5, 0.6) is 0 Å². The van der Waals surface area contributed by atoms with Crippen LogP contribution in [-0.4, -0.2) is 21.6 Å². The van der Waals surface area contributed by atoms with Crippen LogP contribution < -0.4 is 7.02 Å². The fourth-order valence-electron chi connectivity index (χ4n) is 1.38. The number of halogens is 1. The molecule has 1 radical (unpaired) electrons. The van der Waals surface area contributed by atoms with Crippen LogP contribution in [0.1, 0.15) is 5.56 Å². The summed E-state index contributed by atoms with van der Waals surface area (Å²) in [5.41, 5.74) is 2.70. The molecule has 0 saturated heterocycles. The quantitative estimate of drug-likeness (QED) is 0.756. The summed E-state index contributed by atoms with van der Waals surface area (Å²) in [5, 5.41) is 0. The van der Waals surface area contributed by atoms with Crippen molar-refractivity contribution in [2.24, 2.45) is 0 Å². The second-order valence-electron chi connectivity index (χ2n) is 3.33. The summed E-state index contributed by atoms with van der Waals surface area (Å²) in [5.74, 6) is 0. The molecule has 0 heterocycles. The predicted octanol–water partition coefficient (Wildman–Crippen LogP) is 2.55. The van der Waals surface area contributed by atoms with Gasteiger partial charge in [0, 0.05) is 0 Å². The molecule has 0 nitrogen and oxygen atoms in total. The van der Waals surface area contributed by atoms with Crippen LogP contribution in [0.4, 0.5) is 0 Å². The zero-order chi connectivity index (χ0) is 11.2. The van der Waals surface area contributed by atoms with Gasteiger partial charge in [0.2, 0.25) is 0 Å². The van der Waals surface area contributed by atoms with Crippen LogP contribution in [-0.2, 0) is 0 Å². The summed E-state index contributed by atoms with van der Waals surface area (Å²) in [4.78, 5) is 0. The minimum absolute atomic E-state index is 0.425. The zero-order valence-electron chi connectivity index (χ0n) is 8.68. The molecule has 0 fully saturated rings.